The summed E-state index contributed by atoms with van der Waals surface area (Å²) in [5.41, 5.74) is 0. The van der Waals surface area contributed by atoms with Gasteiger partial charge >= 0.3 is 0 Å². The molecular formula is C8H16OSi. The van der Waals surface area contributed by atoms with Crippen LogP contribution in [0.2, 0.25) is 19.1 Å². The Balaban J connectivity index is 2.56. The highest BCUT2D eigenvalue weighted by molar-refractivity contribution is 6.71. The lowest BCUT2D eigenvalue weighted by molar-refractivity contribution is 0.365. The molecule has 1 saturated heterocycles. The molecule has 1 fully saturated rings. The fourth-order valence-corrected chi connectivity index (χ4v) is 3.41. The summed E-state index contributed by atoms with van der Waals surface area (Å²) in [4.78, 5) is 0. The van der Waals surface area contributed by atoms with Gasteiger partial charge in [-0.2, -0.15) is 0 Å². The van der Waals surface area contributed by atoms with E-state index in [4.69, 9.17) is 4.43 Å². The van der Waals surface area contributed by atoms with Crippen molar-refractivity contribution < 1.29 is 4.43 Å². The molecule has 0 aliphatic carbocycles. The summed E-state index contributed by atoms with van der Waals surface area (Å²) < 4.78 is 5.82. The third kappa shape index (κ3) is 1.87. The maximum atomic E-state index is 5.82. The molecule has 0 atom stereocenters. The zero-order valence-electron chi connectivity index (χ0n) is 7.11. The summed E-state index contributed by atoms with van der Waals surface area (Å²) in [6.07, 6.45) is 4.60. The van der Waals surface area contributed by atoms with Crippen molar-refractivity contribution in [3.05, 3.63) is 11.8 Å². The molecule has 0 aromatic heterocycles. The van der Waals surface area contributed by atoms with Gasteiger partial charge < -0.3 is 4.43 Å². The van der Waals surface area contributed by atoms with E-state index in [9.17, 15) is 0 Å². The molecule has 0 amide bonds. The van der Waals surface area contributed by atoms with E-state index in [0.717, 1.165) is 6.42 Å². The Hall–Kier alpha value is -0.243. The van der Waals surface area contributed by atoms with Crippen molar-refractivity contribution in [3.8, 4) is 0 Å². The predicted octanol–water partition coefficient (Wildman–Crippen LogP) is 2.91. The molecule has 1 aliphatic heterocycles. The van der Waals surface area contributed by atoms with Crippen molar-refractivity contribution in [2.45, 2.75) is 38.9 Å². The Bertz CT molecular complexity index is 149. The lowest BCUT2D eigenvalue weighted by Crippen LogP contribution is -2.32. The van der Waals surface area contributed by atoms with Crippen LogP contribution in [0.3, 0.4) is 0 Å². The first-order chi connectivity index (χ1) is 4.64. The summed E-state index contributed by atoms with van der Waals surface area (Å²) in [5, 5.41) is 0. The standard InChI is InChI=1S/C8H16OSi/c1-4-8-6-5-7-10(2,3)9-8/h4H,5-7H2,1-3H3. The van der Waals surface area contributed by atoms with Gasteiger partial charge in [0.15, 0.2) is 0 Å². The zero-order valence-corrected chi connectivity index (χ0v) is 8.11. The predicted molar refractivity (Wildman–Crippen MR) is 46.4 cm³/mol. The third-order valence-corrected chi connectivity index (χ3v) is 4.30. The topological polar surface area (TPSA) is 9.23 Å². The molecule has 0 aromatic carbocycles. The first-order valence-electron chi connectivity index (χ1n) is 3.98. The van der Waals surface area contributed by atoms with Crippen LogP contribution in [-0.2, 0) is 4.43 Å². The van der Waals surface area contributed by atoms with E-state index in [-0.39, 0.29) is 0 Å². The Morgan fingerprint density at radius 1 is 1.50 bits per heavy atom. The minimum Gasteiger partial charge on any atom is -0.547 e. The molecular weight excluding hydrogens is 140 g/mol. The molecule has 0 N–H and O–H groups in total. The van der Waals surface area contributed by atoms with E-state index in [1.54, 1.807) is 0 Å². The third-order valence-electron chi connectivity index (χ3n) is 1.93. The van der Waals surface area contributed by atoms with Crippen LogP contribution in [-0.4, -0.2) is 8.32 Å². The molecule has 1 nitrogen and oxygen atoms in total. The van der Waals surface area contributed by atoms with Gasteiger partial charge in [0.1, 0.15) is 0 Å². The molecule has 0 spiro atoms. The van der Waals surface area contributed by atoms with Crippen molar-refractivity contribution in [2.24, 2.45) is 0 Å². The average molecular weight is 156 g/mol. The van der Waals surface area contributed by atoms with Crippen LogP contribution < -0.4 is 0 Å². The summed E-state index contributed by atoms with van der Waals surface area (Å²) >= 11 is 0. The summed E-state index contributed by atoms with van der Waals surface area (Å²) in [7, 11) is -1.24. The minimum absolute atomic E-state index is 1.16. The molecule has 0 unspecified atom stereocenters. The quantitative estimate of drug-likeness (QED) is 0.490. The molecule has 1 aliphatic rings. The fraction of sp³-hybridized carbons (Fsp3) is 0.750. The highest BCUT2D eigenvalue weighted by Gasteiger charge is 2.28. The Morgan fingerprint density at radius 2 is 2.20 bits per heavy atom. The zero-order chi connectivity index (χ0) is 7.61. The molecule has 58 valence electrons. The van der Waals surface area contributed by atoms with Gasteiger partial charge in [-0.15, -0.1) is 0 Å². The largest absolute Gasteiger partial charge is 0.547 e. The van der Waals surface area contributed by atoms with Crippen LogP contribution in [0.1, 0.15) is 19.8 Å². The van der Waals surface area contributed by atoms with Gasteiger partial charge in [-0.3, -0.25) is 0 Å². The monoisotopic (exact) mass is 156 g/mol. The number of rotatable bonds is 0. The SMILES string of the molecule is CC=C1CCC[Si](C)(C)O1. The van der Waals surface area contributed by atoms with Crippen molar-refractivity contribution in [3.63, 3.8) is 0 Å². The average Bonchev–Trinajstić information content (AvgIpc) is 1.86. The van der Waals surface area contributed by atoms with E-state index >= 15 is 0 Å². The Morgan fingerprint density at radius 3 is 2.60 bits per heavy atom. The molecule has 0 bridgehead atoms. The lowest BCUT2D eigenvalue weighted by atomic mass is 10.3. The maximum Gasteiger partial charge on any atom is 0.244 e. The fourth-order valence-electron chi connectivity index (χ4n) is 1.35. The second-order valence-corrected chi connectivity index (χ2v) is 7.69. The summed E-state index contributed by atoms with van der Waals surface area (Å²) in [5.74, 6) is 1.22. The van der Waals surface area contributed by atoms with Crippen LogP contribution in [0.25, 0.3) is 0 Å². The van der Waals surface area contributed by atoms with Crippen molar-refractivity contribution in [1.29, 1.82) is 0 Å². The molecule has 0 aromatic rings. The van der Waals surface area contributed by atoms with Gasteiger partial charge in [-0.25, -0.2) is 0 Å². The van der Waals surface area contributed by atoms with Crippen LogP contribution >= 0.6 is 0 Å². The lowest BCUT2D eigenvalue weighted by Gasteiger charge is -2.30. The number of allylic oxidation sites excluding steroid dienone is 2. The van der Waals surface area contributed by atoms with Gasteiger partial charge in [-0.05, 0) is 32.5 Å². The molecule has 1 heterocycles. The van der Waals surface area contributed by atoms with Gasteiger partial charge in [0, 0.05) is 6.42 Å². The highest BCUT2D eigenvalue weighted by Crippen LogP contribution is 2.27. The van der Waals surface area contributed by atoms with Gasteiger partial charge in [0.25, 0.3) is 0 Å². The van der Waals surface area contributed by atoms with E-state index in [1.807, 2.05) is 0 Å². The summed E-state index contributed by atoms with van der Waals surface area (Å²) in [6.45, 7) is 6.64. The second kappa shape index (κ2) is 2.78. The Labute approximate surface area is 64.2 Å². The highest BCUT2D eigenvalue weighted by atomic mass is 28.4. The van der Waals surface area contributed by atoms with Gasteiger partial charge in [0.2, 0.25) is 8.32 Å². The summed E-state index contributed by atoms with van der Waals surface area (Å²) in [6, 6.07) is 1.32. The van der Waals surface area contributed by atoms with Crippen LogP contribution in [0, 0.1) is 0 Å². The number of hydrogen-bond acceptors (Lipinski definition) is 1. The normalized spacial score (nSPS) is 28.1. The van der Waals surface area contributed by atoms with E-state index in [1.165, 1.54) is 18.2 Å². The smallest absolute Gasteiger partial charge is 0.244 e. The first-order valence-corrected chi connectivity index (χ1v) is 7.10. The molecule has 10 heavy (non-hydrogen) atoms. The Kier molecular flexibility index (Phi) is 2.19. The minimum atomic E-state index is -1.24. The molecule has 0 saturated carbocycles. The van der Waals surface area contributed by atoms with Crippen LogP contribution in [0.4, 0.5) is 0 Å². The van der Waals surface area contributed by atoms with Crippen molar-refractivity contribution in [2.75, 3.05) is 0 Å². The van der Waals surface area contributed by atoms with E-state index in [2.05, 4.69) is 26.1 Å². The van der Waals surface area contributed by atoms with Gasteiger partial charge in [-0.1, -0.05) is 6.08 Å². The second-order valence-electron chi connectivity index (χ2n) is 3.47. The molecule has 2 heteroatoms. The van der Waals surface area contributed by atoms with E-state index < -0.39 is 8.32 Å². The van der Waals surface area contributed by atoms with Crippen molar-refractivity contribution in [1.82, 2.24) is 0 Å². The maximum absolute atomic E-state index is 5.82. The first kappa shape index (κ1) is 7.86. The number of hydrogen-bond donors (Lipinski definition) is 0. The van der Waals surface area contributed by atoms with E-state index in [0.29, 0.717) is 0 Å². The van der Waals surface area contributed by atoms with Crippen LogP contribution in [0.15, 0.2) is 11.8 Å². The van der Waals surface area contributed by atoms with Crippen LogP contribution in [0.5, 0.6) is 0 Å². The molecule has 1 rings (SSSR count). The van der Waals surface area contributed by atoms with Gasteiger partial charge in [0.05, 0.1) is 5.76 Å². The molecule has 0 radical (unpaired) electrons. The van der Waals surface area contributed by atoms with Crippen molar-refractivity contribution >= 4 is 8.32 Å².